The van der Waals surface area contributed by atoms with Gasteiger partial charge in [-0.05, 0) is 12.5 Å². The summed E-state index contributed by atoms with van der Waals surface area (Å²) in [7, 11) is 0. The zero-order chi connectivity index (χ0) is 12.1. The molecule has 0 bridgehead atoms. The number of hydrogen-bond acceptors (Lipinski definition) is 4. The normalized spacial score (nSPS) is 9.81. The molecule has 6 nitrogen and oxygen atoms in total. The van der Waals surface area contributed by atoms with Crippen LogP contribution in [0.1, 0.15) is 23.7 Å². The van der Waals surface area contributed by atoms with Crippen molar-refractivity contribution in [1.29, 1.82) is 0 Å². The summed E-state index contributed by atoms with van der Waals surface area (Å²) in [6.45, 7) is 2.07. The SMILES string of the molecule is CCCOc1c(C(=O)O)cccc1[N+](=O)[O-]. The number of carboxylic acids is 1. The summed E-state index contributed by atoms with van der Waals surface area (Å²) >= 11 is 0. The number of ether oxygens (including phenoxy) is 1. The molecule has 1 rings (SSSR count). The second-order valence-electron chi connectivity index (χ2n) is 3.06. The van der Waals surface area contributed by atoms with Crippen molar-refractivity contribution in [3.05, 3.63) is 33.9 Å². The molecule has 1 N–H and O–H groups in total. The number of nitro groups is 1. The van der Waals surface area contributed by atoms with Gasteiger partial charge in [-0.15, -0.1) is 0 Å². The summed E-state index contributed by atoms with van der Waals surface area (Å²) in [5.41, 5.74) is -0.518. The Kier molecular flexibility index (Phi) is 3.82. The zero-order valence-electron chi connectivity index (χ0n) is 8.67. The Labute approximate surface area is 91.6 Å². The number of nitrogens with zero attached hydrogens (tertiary/aromatic N) is 1. The van der Waals surface area contributed by atoms with Gasteiger partial charge >= 0.3 is 11.7 Å². The van der Waals surface area contributed by atoms with Crippen LogP contribution in [0.4, 0.5) is 5.69 Å². The van der Waals surface area contributed by atoms with E-state index in [-0.39, 0.29) is 23.6 Å². The molecular weight excluding hydrogens is 214 g/mol. The summed E-state index contributed by atoms with van der Waals surface area (Å²) in [5.74, 6) is -1.42. The Bertz CT molecular complexity index is 383. The molecule has 1 aromatic carbocycles. The van der Waals surface area contributed by atoms with Gasteiger partial charge in [0, 0.05) is 6.07 Å². The third kappa shape index (κ3) is 2.47. The van der Waals surface area contributed by atoms with E-state index in [1.54, 1.807) is 0 Å². The minimum atomic E-state index is -1.24. The molecule has 1 aromatic rings. The zero-order valence-corrected chi connectivity index (χ0v) is 8.67. The molecular formula is C10H11NO5. The molecule has 0 saturated heterocycles. The summed E-state index contributed by atoms with van der Waals surface area (Å²) in [6.07, 6.45) is 0.644. The van der Waals surface area contributed by atoms with Crippen LogP contribution in [0.3, 0.4) is 0 Å². The fraction of sp³-hybridized carbons (Fsp3) is 0.300. The van der Waals surface area contributed by atoms with Gasteiger partial charge in [0.2, 0.25) is 5.75 Å². The van der Waals surface area contributed by atoms with Crippen molar-refractivity contribution in [3.63, 3.8) is 0 Å². The Hall–Kier alpha value is -2.11. The molecule has 0 aliphatic rings. The quantitative estimate of drug-likeness (QED) is 0.612. The molecule has 0 amide bonds. The van der Waals surface area contributed by atoms with Gasteiger partial charge in [0.1, 0.15) is 5.56 Å². The number of benzene rings is 1. The molecule has 0 atom stereocenters. The summed E-state index contributed by atoms with van der Waals surface area (Å²) < 4.78 is 5.12. The van der Waals surface area contributed by atoms with Crippen LogP contribution in [0.2, 0.25) is 0 Å². The van der Waals surface area contributed by atoms with Gasteiger partial charge in [-0.2, -0.15) is 0 Å². The number of para-hydroxylation sites is 1. The molecule has 0 fully saturated rings. The topological polar surface area (TPSA) is 89.7 Å². The molecule has 16 heavy (non-hydrogen) atoms. The van der Waals surface area contributed by atoms with Gasteiger partial charge in [-0.1, -0.05) is 13.0 Å². The molecule has 86 valence electrons. The van der Waals surface area contributed by atoms with Crippen LogP contribution < -0.4 is 4.74 Å². The highest BCUT2D eigenvalue weighted by atomic mass is 16.6. The Balaban J connectivity index is 3.23. The van der Waals surface area contributed by atoms with Crippen molar-refractivity contribution in [3.8, 4) is 5.75 Å². The number of nitro benzene ring substituents is 1. The second-order valence-corrected chi connectivity index (χ2v) is 3.06. The first-order valence-corrected chi connectivity index (χ1v) is 4.71. The highest BCUT2D eigenvalue weighted by molar-refractivity contribution is 5.92. The summed E-state index contributed by atoms with van der Waals surface area (Å²) in [5, 5.41) is 19.6. The van der Waals surface area contributed by atoms with E-state index in [0.29, 0.717) is 6.42 Å². The third-order valence-corrected chi connectivity index (χ3v) is 1.87. The lowest BCUT2D eigenvalue weighted by molar-refractivity contribution is -0.385. The molecule has 0 saturated carbocycles. The minimum absolute atomic E-state index is 0.179. The van der Waals surface area contributed by atoms with Crippen LogP contribution in [0.15, 0.2) is 18.2 Å². The number of carbonyl (C=O) groups is 1. The highest BCUT2D eigenvalue weighted by Crippen LogP contribution is 2.30. The van der Waals surface area contributed by atoms with Crippen LogP contribution in [-0.4, -0.2) is 22.6 Å². The maximum atomic E-state index is 10.9. The molecule has 0 unspecified atom stereocenters. The maximum Gasteiger partial charge on any atom is 0.339 e. The molecule has 0 heterocycles. The van der Waals surface area contributed by atoms with E-state index >= 15 is 0 Å². The maximum absolute atomic E-state index is 10.9. The largest absolute Gasteiger partial charge is 0.486 e. The van der Waals surface area contributed by atoms with Crippen molar-refractivity contribution in [2.24, 2.45) is 0 Å². The van der Waals surface area contributed by atoms with Crippen molar-refractivity contribution < 1.29 is 19.6 Å². The van der Waals surface area contributed by atoms with Crippen LogP contribution in [-0.2, 0) is 0 Å². The minimum Gasteiger partial charge on any atom is -0.486 e. The van der Waals surface area contributed by atoms with E-state index in [4.69, 9.17) is 9.84 Å². The molecule has 0 aliphatic carbocycles. The second kappa shape index (κ2) is 5.11. The van der Waals surface area contributed by atoms with Gasteiger partial charge in [-0.3, -0.25) is 10.1 Å². The van der Waals surface area contributed by atoms with Crippen molar-refractivity contribution in [1.82, 2.24) is 0 Å². The van der Waals surface area contributed by atoms with Gasteiger partial charge in [-0.25, -0.2) is 4.79 Å². The van der Waals surface area contributed by atoms with Gasteiger partial charge in [0.15, 0.2) is 0 Å². The van der Waals surface area contributed by atoms with E-state index in [1.807, 2.05) is 6.92 Å². The molecule has 0 aliphatic heterocycles. The van der Waals surface area contributed by atoms with E-state index in [9.17, 15) is 14.9 Å². The predicted octanol–water partition coefficient (Wildman–Crippen LogP) is 2.08. The molecule has 0 aromatic heterocycles. The number of hydrogen-bond donors (Lipinski definition) is 1. The molecule has 6 heteroatoms. The average molecular weight is 225 g/mol. The highest BCUT2D eigenvalue weighted by Gasteiger charge is 2.22. The molecule has 0 radical (unpaired) electrons. The smallest absolute Gasteiger partial charge is 0.339 e. The number of rotatable bonds is 5. The third-order valence-electron chi connectivity index (χ3n) is 1.87. The lowest BCUT2D eigenvalue weighted by atomic mass is 10.1. The van der Waals surface area contributed by atoms with Gasteiger partial charge in [0.05, 0.1) is 11.5 Å². The van der Waals surface area contributed by atoms with Crippen molar-refractivity contribution in [2.75, 3.05) is 6.61 Å². The average Bonchev–Trinajstić information content (AvgIpc) is 2.25. The van der Waals surface area contributed by atoms with E-state index < -0.39 is 10.9 Å². The van der Waals surface area contributed by atoms with Crippen molar-refractivity contribution in [2.45, 2.75) is 13.3 Å². The van der Waals surface area contributed by atoms with Crippen LogP contribution in [0, 0.1) is 10.1 Å². The summed E-state index contributed by atoms with van der Waals surface area (Å²) in [6, 6.07) is 3.82. The van der Waals surface area contributed by atoms with E-state index in [2.05, 4.69) is 0 Å². The standard InChI is InChI=1S/C10H11NO5/c1-2-6-16-9-7(10(12)13)4-3-5-8(9)11(14)15/h3-5H,2,6H2,1H3,(H,12,13). The van der Waals surface area contributed by atoms with Crippen molar-refractivity contribution >= 4 is 11.7 Å². The van der Waals surface area contributed by atoms with E-state index in [1.165, 1.54) is 18.2 Å². The first-order valence-electron chi connectivity index (χ1n) is 4.71. The molecule has 0 spiro atoms. The van der Waals surface area contributed by atoms with Crippen LogP contribution in [0.25, 0.3) is 0 Å². The van der Waals surface area contributed by atoms with Gasteiger partial charge in [0.25, 0.3) is 0 Å². The Morgan fingerprint density at radius 1 is 1.56 bits per heavy atom. The number of aromatic carboxylic acids is 1. The fourth-order valence-electron chi connectivity index (χ4n) is 1.19. The fourth-order valence-corrected chi connectivity index (χ4v) is 1.19. The van der Waals surface area contributed by atoms with Crippen LogP contribution >= 0.6 is 0 Å². The first kappa shape index (κ1) is 12.0. The van der Waals surface area contributed by atoms with Crippen LogP contribution in [0.5, 0.6) is 5.75 Å². The Morgan fingerprint density at radius 3 is 2.75 bits per heavy atom. The lowest BCUT2D eigenvalue weighted by Crippen LogP contribution is -2.06. The Morgan fingerprint density at radius 2 is 2.25 bits per heavy atom. The summed E-state index contributed by atoms with van der Waals surface area (Å²) in [4.78, 5) is 20.9. The predicted molar refractivity (Wildman–Crippen MR) is 55.8 cm³/mol. The first-order chi connectivity index (χ1) is 7.57. The number of carboxylic acid groups (broad SMARTS) is 1. The van der Waals surface area contributed by atoms with E-state index in [0.717, 1.165) is 0 Å². The van der Waals surface area contributed by atoms with Gasteiger partial charge < -0.3 is 9.84 Å². The lowest BCUT2D eigenvalue weighted by Gasteiger charge is -2.07. The monoisotopic (exact) mass is 225 g/mol.